The zero-order valence-electron chi connectivity index (χ0n) is 12.6. The van der Waals surface area contributed by atoms with E-state index < -0.39 is 11.5 Å². The Labute approximate surface area is 116 Å². The molecule has 1 aliphatic rings. The molecule has 0 aromatic heterocycles. The second-order valence-electron chi connectivity index (χ2n) is 6.27. The van der Waals surface area contributed by atoms with Crippen LogP contribution in [0.4, 0.5) is 0 Å². The number of nitrogens with one attached hydrogen (secondary N) is 1. The van der Waals surface area contributed by atoms with Gasteiger partial charge in [-0.15, -0.1) is 0 Å². The Bertz CT molecular complexity index is 275. The van der Waals surface area contributed by atoms with E-state index in [1.807, 2.05) is 13.8 Å². The van der Waals surface area contributed by atoms with Crippen molar-refractivity contribution in [1.29, 1.82) is 0 Å². The van der Waals surface area contributed by atoms with Crippen LogP contribution in [0.2, 0.25) is 0 Å². The van der Waals surface area contributed by atoms with Crippen molar-refractivity contribution in [3.8, 4) is 0 Å². The molecule has 0 radical (unpaired) electrons. The fourth-order valence-corrected chi connectivity index (χ4v) is 2.76. The molecule has 1 unspecified atom stereocenters. The fraction of sp³-hybridized carbons (Fsp3) is 0.933. The second-order valence-corrected chi connectivity index (χ2v) is 6.27. The standard InChI is InChI=1S/C15H29NO3/c1-12(2)16-15(3,14(17)18)9-10-19-11-13-7-5-4-6-8-13/h12-13,16H,4-11H2,1-3H3,(H,17,18). The molecule has 112 valence electrons. The third-order valence-electron chi connectivity index (χ3n) is 3.90. The largest absolute Gasteiger partial charge is 0.480 e. The van der Waals surface area contributed by atoms with E-state index >= 15 is 0 Å². The molecular weight excluding hydrogens is 242 g/mol. The smallest absolute Gasteiger partial charge is 0.323 e. The van der Waals surface area contributed by atoms with E-state index in [9.17, 15) is 9.90 Å². The lowest BCUT2D eigenvalue weighted by Gasteiger charge is -2.29. The van der Waals surface area contributed by atoms with Crippen LogP contribution >= 0.6 is 0 Å². The Kier molecular flexibility index (Phi) is 6.80. The first kappa shape index (κ1) is 16.4. The number of carboxylic acids is 1. The summed E-state index contributed by atoms with van der Waals surface area (Å²) in [6.45, 7) is 6.96. The first-order valence-electron chi connectivity index (χ1n) is 7.53. The summed E-state index contributed by atoms with van der Waals surface area (Å²) in [7, 11) is 0. The van der Waals surface area contributed by atoms with Crippen LogP contribution in [0.1, 0.15) is 59.3 Å². The monoisotopic (exact) mass is 271 g/mol. The van der Waals surface area contributed by atoms with Gasteiger partial charge >= 0.3 is 5.97 Å². The van der Waals surface area contributed by atoms with E-state index in [0.29, 0.717) is 18.9 Å². The third kappa shape index (κ3) is 5.91. The van der Waals surface area contributed by atoms with Crippen molar-refractivity contribution in [1.82, 2.24) is 5.32 Å². The Balaban J connectivity index is 2.26. The summed E-state index contributed by atoms with van der Waals surface area (Å²) in [6.07, 6.45) is 7.02. The molecule has 0 heterocycles. The van der Waals surface area contributed by atoms with Gasteiger partial charge in [0.15, 0.2) is 0 Å². The molecule has 0 bridgehead atoms. The molecule has 1 aliphatic carbocycles. The molecule has 0 aliphatic heterocycles. The highest BCUT2D eigenvalue weighted by Crippen LogP contribution is 2.24. The van der Waals surface area contributed by atoms with Gasteiger partial charge in [-0.3, -0.25) is 10.1 Å². The van der Waals surface area contributed by atoms with E-state index in [1.54, 1.807) is 6.92 Å². The molecule has 1 atom stereocenters. The van der Waals surface area contributed by atoms with E-state index in [-0.39, 0.29) is 6.04 Å². The van der Waals surface area contributed by atoms with Crippen molar-refractivity contribution in [2.75, 3.05) is 13.2 Å². The van der Waals surface area contributed by atoms with Gasteiger partial charge in [0.05, 0.1) is 0 Å². The highest BCUT2D eigenvalue weighted by Gasteiger charge is 2.33. The molecule has 0 spiro atoms. The van der Waals surface area contributed by atoms with Gasteiger partial charge in [-0.2, -0.15) is 0 Å². The molecule has 0 aromatic carbocycles. The first-order chi connectivity index (χ1) is 8.94. The van der Waals surface area contributed by atoms with E-state index in [2.05, 4.69) is 5.32 Å². The second kappa shape index (κ2) is 7.85. The minimum Gasteiger partial charge on any atom is -0.480 e. The number of carbonyl (C=O) groups is 1. The average Bonchev–Trinajstić information content (AvgIpc) is 2.35. The third-order valence-corrected chi connectivity index (χ3v) is 3.90. The predicted molar refractivity (Wildman–Crippen MR) is 76.3 cm³/mol. The Morgan fingerprint density at radius 3 is 2.53 bits per heavy atom. The summed E-state index contributed by atoms with van der Waals surface area (Å²) in [5.41, 5.74) is -0.888. The van der Waals surface area contributed by atoms with Crippen molar-refractivity contribution in [3.63, 3.8) is 0 Å². The first-order valence-corrected chi connectivity index (χ1v) is 7.53. The molecule has 0 amide bonds. The number of aliphatic carboxylic acids is 1. The highest BCUT2D eigenvalue weighted by atomic mass is 16.5. The zero-order chi connectivity index (χ0) is 14.3. The Hall–Kier alpha value is -0.610. The van der Waals surface area contributed by atoms with Gasteiger partial charge in [0.25, 0.3) is 0 Å². The maximum Gasteiger partial charge on any atom is 0.323 e. The summed E-state index contributed by atoms with van der Waals surface area (Å²) < 4.78 is 5.70. The maximum atomic E-state index is 11.3. The normalized spacial score (nSPS) is 20.4. The van der Waals surface area contributed by atoms with Crippen LogP contribution < -0.4 is 5.32 Å². The van der Waals surface area contributed by atoms with Crippen LogP contribution in [0.25, 0.3) is 0 Å². The maximum absolute atomic E-state index is 11.3. The lowest BCUT2D eigenvalue weighted by molar-refractivity contribution is -0.145. The van der Waals surface area contributed by atoms with E-state index in [4.69, 9.17) is 4.74 Å². The summed E-state index contributed by atoms with van der Waals surface area (Å²) in [4.78, 5) is 11.3. The van der Waals surface area contributed by atoms with Crippen LogP contribution in [-0.4, -0.2) is 35.9 Å². The average molecular weight is 271 g/mol. The van der Waals surface area contributed by atoms with Gasteiger partial charge in [-0.25, -0.2) is 0 Å². The molecule has 1 fully saturated rings. The van der Waals surface area contributed by atoms with Crippen molar-refractivity contribution in [2.45, 2.75) is 70.9 Å². The van der Waals surface area contributed by atoms with Gasteiger partial charge < -0.3 is 9.84 Å². The summed E-state index contributed by atoms with van der Waals surface area (Å²) in [5.74, 6) is -0.120. The Morgan fingerprint density at radius 2 is 2.00 bits per heavy atom. The minimum atomic E-state index is -0.888. The van der Waals surface area contributed by atoms with Gasteiger partial charge in [0, 0.05) is 19.3 Å². The topological polar surface area (TPSA) is 58.6 Å². The van der Waals surface area contributed by atoms with Crippen LogP contribution in [0, 0.1) is 5.92 Å². The van der Waals surface area contributed by atoms with Crippen molar-refractivity contribution in [3.05, 3.63) is 0 Å². The zero-order valence-corrected chi connectivity index (χ0v) is 12.6. The molecule has 1 saturated carbocycles. The molecule has 2 N–H and O–H groups in total. The quantitative estimate of drug-likeness (QED) is 0.666. The molecule has 0 saturated heterocycles. The highest BCUT2D eigenvalue weighted by molar-refractivity contribution is 5.78. The molecule has 4 nitrogen and oxygen atoms in total. The number of ether oxygens (including phenoxy) is 1. The van der Waals surface area contributed by atoms with E-state index in [0.717, 1.165) is 6.61 Å². The van der Waals surface area contributed by atoms with Crippen LogP contribution in [0.15, 0.2) is 0 Å². The van der Waals surface area contributed by atoms with E-state index in [1.165, 1.54) is 32.1 Å². The lowest BCUT2D eigenvalue weighted by Crippen LogP contribution is -2.53. The summed E-state index contributed by atoms with van der Waals surface area (Å²) in [6, 6.07) is 0.152. The summed E-state index contributed by atoms with van der Waals surface area (Å²) >= 11 is 0. The van der Waals surface area contributed by atoms with Crippen LogP contribution in [-0.2, 0) is 9.53 Å². The molecule has 19 heavy (non-hydrogen) atoms. The SMILES string of the molecule is CC(C)NC(C)(CCOCC1CCCCC1)C(=O)O. The Morgan fingerprint density at radius 1 is 1.37 bits per heavy atom. The predicted octanol–water partition coefficient (Wildman–Crippen LogP) is 2.81. The number of carboxylic acid groups (broad SMARTS) is 1. The van der Waals surface area contributed by atoms with Crippen molar-refractivity contribution >= 4 is 5.97 Å². The van der Waals surface area contributed by atoms with Crippen molar-refractivity contribution < 1.29 is 14.6 Å². The molecule has 0 aromatic rings. The number of hydrogen-bond donors (Lipinski definition) is 2. The van der Waals surface area contributed by atoms with Gasteiger partial charge in [0.1, 0.15) is 5.54 Å². The fourth-order valence-electron chi connectivity index (χ4n) is 2.76. The lowest BCUT2D eigenvalue weighted by atomic mass is 9.90. The molecule has 1 rings (SSSR count). The van der Waals surface area contributed by atoms with Gasteiger partial charge in [-0.1, -0.05) is 19.3 Å². The van der Waals surface area contributed by atoms with Gasteiger partial charge in [0.2, 0.25) is 0 Å². The molecular formula is C15H29NO3. The van der Waals surface area contributed by atoms with Crippen LogP contribution in [0.5, 0.6) is 0 Å². The van der Waals surface area contributed by atoms with Crippen LogP contribution in [0.3, 0.4) is 0 Å². The van der Waals surface area contributed by atoms with Crippen molar-refractivity contribution in [2.24, 2.45) is 5.92 Å². The van der Waals surface area contributed by atoms with Gasteiger partial charge in [-0.05, 0) is 46.0 Å². The summed E-state index contributed by atoms with van der Waals surface area (Å²) in [5, 5.41) is 12.4. The minimum absolute atomic E-state index is 0.152. The number of rotatable bonds is 8. The molecule has 4 heteroatoms. The number of hydrogen-bond acceptors (Lipinski definition) is 3.